The second kappa shape index (κ2) is 6.74. The van der Waals surface area contributed by atoms with E-state index in [1.54, 1.807) is 6.20 Å². The average molecular weight is 284 g/mol. The Kier molecular flexibility index (Phi) is 4.77. The first-order chi connectivity index (χ1) is 10.1. The van der Waals surface area contributed by atoms with E-state index >= 15 is 0 Å². The third kappa shape index (κ3) is 4.21. The normalized spacial score (nSPS) is 10.0. The van der Waals surface area contributed by atoms with Gasteiger partial charge in [0.25, 0.3) is 0 Å². The zero-order valence-corrected chi connectivity index (χ0v) is 12.6. The molecule has 110 valence electrons. The van der Waals surface area contributed by atoms with Crippen molar-refractivity contribution in [1.29, 1.82) is 0 Å². The lowest BCUT2D eigenvalue weighted by Crippen LogP contribution is -2.09. The van der Waals surface area contributed by atoms with Gasteiger partial charge in [-0.05, 0) is 36.4 Å². The molecular formula is C16H20N4O. The highest BCUT2D eigenvalue weighted by Gasteiger charge is 2.01. The summed E-state index contributed by atoms with van der Waals surface area (Å²) in [6.07, 6.45) is 2.10. The van der Waals surface area contributed by atoms with Gasteiger partial charge < -0.3 is 15.5 Å². The quantitative estimate of drug-likeness (QED) is 0.885. The number of nitrogens with zero attached hydrogens (tertiary/aromatic N) is 2. The van der Waals surface area contributed by atoms with Crippen LogP contribution < -0.4 is 15.5 Å². The molecule has 2 aromatic rings. The molecule has 0 unspecified atom stereocenters. The molecule has 0 radical (unpaired) electrons. The van der Waals surface area contributed by atoms with E-state index in [1.807, 2.05) is 62.3 Å². The van der Waals surface area contributed by atoms with Gasteiger partial charge >= 0.3 is 0 Å². The molecule has 0 bridgehead atoms. The van der Waals surface area contributed by atoms with Crippen LogP contribution in [0.3, 0.4) is 0 Å². The highest BCUT2D eigenvalue weighted by molar-refractivity contribution is 5.90. The second-order valence-corrected chi connectivity index (χ2v) is 4.90. The van der Waals surface area contributed by atoms with Crippen LogP contribution in [0.25, 0.3) is 0 Å². The summed E-state index contributed by atoms with van der Waals surface area (Å²) in [4.78, 5) is 17.6. The molecule has 0 aliphatic rings. The van der Waals surface area contributed by atoms with Gasteiger partial charge in [-0.2, -0.15) is 0 Å². The molecule has 0 aliphatic heterocycles. The van der Waals surface area contributed by atoms with Gasteiger partial charge in [-0.1, -0.05) is 6.92 Å². The number of carbonyl (C=O) groups is 1. The van der Waals surface area contributed by atoms with Gasteiger partial charge in [0.1, 0.15) is 5.82 Å². The van der Waals surface area contributed by atoms with E-state index in [4.69, 9.17) is 0 Å². The van der Waals surface area contributed by atoms with Gasteiger partial charge in [0.05, 0.1) is 11.9 Å². The number of pyridine rings is 1. The van der Waals surface area contributed by atoms with Crippen molar-refractivity contribution in [2.24, 2.45) is 0 Å². The molecule has 21 heavy (non-hydrogen) atoms. The number of hydrogen-bond acceptors (Lipinski definition) is 4. The number of nitrogens with one attached hydrogen (secondary N) is 2. The lowest BCUT2D eigenvalue weighted by atomic mass is 10.2. The third-order valence-corrected chi connectivity index (χ3v) is 3.02. The van der Waals surface area contributed by atoms with Crippen LogP contribution in [0.5, 0.6) is 0 Å². The van der Waals surface area contributed by atoms with Crippen LogP contribution in [0.2, 0.25) is 0 Å². The van der Waals surface area contributed by atoms with Gasteiger partial charge in [0, 0.05) is 31.9 Å². The van der Waals surface area contributed by atoms with E-state index in [9.17, 15) is 4.79 Å². The lowest BCUT2D eigenvalue weighted by Gasteiger charge is -2.13. The van der Waals surface area contributed by atoms with Crippen LogP contribution in [0.4, 0.5) is 22.9 Å². The summed E-state index contributed by atoms with van der Waals surface area (Å²) in [7, 11) is 4.01. The molecule has 2 rings (SSSR count). The largest absolute Gasteiger partial charge is 0.378 e. The number of carbonyl (C=O) groups excluding carboxylic acids is 1. The number of anilines is 4. The zero-order chi connectivity index (χ0) is 15.2. The Morgan fingerprint density at radius 2 is 1.76 bits per heavy atom. The van der Waals surface area contributed by atoms with Crippen LogP contribution >= 0.6 is 0 Å². The molecule has 0 aliphatic carbocycles. The summed E-state index contributed by atoms with van der Waals surface area (Å²) in [5, 5.41) is 5.99. The van der Waals surface area contributed by atoms with Crippen LogP contribution in [0.15, 0.2) is 42.6 Å². The molecule has 0 fully saturated rings. The molecule has 0 saturated carbocycles. The van der Waals surface area contributed by atoms with Crippen LogP contribution in [-0.4, -0.2) is 25.0 Å². The van der Waals surface area contributed by atoms with Gasteiger partial charge in [0.15, 0.2) is 0 Å². The van der Waals surface area contributed by atoms with Crippen LogP contribution in [0, 0.1) is 0 Å². The van der Waals surface area contributed by atoms with Crippen molar-refractivity contribution < 1.29 is 4.79 Å². The molecule has 2 N–H and O–H groups in total. The minimum absolute atomic E-state index is 0.0169. The summed E-state index contributed by atoms with van der Waals surface area (Å²) in [6.45, 7) is 1.82. The Morgan fingerprint density at radius 3 is 2.29 bits per heavy atom. The molecule has 5 heteroatoms. The van der Waals surface area contributed by atoms with Crippen molar-refractivity contribution >= 4 is 28.8 Å². The maximum atomic E-state index is 11.3. The van der Waals surface area contributed by atoms with E-state index in [0.29, 0.717) is 12.1 Å². The van der Waals surface area contributed by atoms with Gasteiger partial charge in [-0.25, -0.2) is 4.98 Å². The molecule has 0 spiro atoms. The average Bonchev–Trinajstić information content (AvgIpc) is 2.49. The Labute approximate surface area is 125 Å². The number of hydrogen-bond donors (Lipinski definition) is 2. The Hall–Kier alpha value is -2.56. The first-order valence-electron chi connectivity index (χ1n) is 6.89. The Balaban J connectivity index is 2.01. The van der Waals surface area contributed by atoms with E-state index < -0.39 is 0 Å². The fourth-order valence-electron chi connectivity index (χ4n) is 1.78. The molecule has 1 aromatic carbocycles. The maximum Gasteiger partial charge on any atom is 0.224 e. The van der Waals surface area contributed by atoms with Crippen molar-refractivity contribution in [3.8, 4) is 0 Å². The fourth-order valence-corrected chi connectivity index (χ4v) is 1.78. The third-order valence-electron chi connectivity index (χ3n) is 3.02. The predicted molar refractivity (Wildman–Crippen MR) is 87.2 cm³/mol. The molecule has 5 nitrogen and oxygen atoms in total. The van der Waals surface area contributed by atoms with Crippen LogP contribution in [-0.2, 0) is 4.79 Å². The molecule has 1 aromatic heterocycles. The molecule has 1 amide bonds. The van der Waals surface area contributed by atoms with E-state index in [2.05, 4.69) is 15.6 Å². The zero-order valence-electron chi connectivity index (χ0n) is 12.6. The van der Waals surface area contributed by atoms with Gasteiger partial charge in [-0.15, -0.1) is 0 Å². The minimum Gasteiger partial charge on any atom is -0.378 e. The summed E-state index contributed by atoms with van der Waals surface area (Å²) in [5.74, 6) is 0.721. The summed E-state index contributed by atoms with van der Waals surface area (Å²) >= 11 is 0. The number of aromatic nitrogens is 1. The first kappa shape index (κ1) is 14.8. The SMILES string of the molecule is CCC(=O)Nc1ccc(Nc2ccc(N(C)C)cc2)nc1. The topological polar surface area (TPSA) is 57.3 Å². The smallest absolute Gasteiger partial charge is 0.224 e. The van der Waals surface area contributed by atoms with E-state index in [1.165, 1.54) is 0 Å². The fraction of sp³-hybridized carbons (Fsp3) is 0.250. The van der Waals surface area contributed by atoms with Gasteiger partial charge in [0.2, 0.25) is 5.91 Å². The predicted octanol–water partition coefficient (Wildman–Crippen LogP) is 3.24. The van der Waals surface area contributed by atoms with Crippen molar-refractivity contribution in [3.63, 3.8) is 0 Å². The lowest BCUT2D eigenvalue weighted by molar-refractivity contribution is -0.115. The van der Waals surface area contributed by atoms with Crippen molar-refractivity contribution in [2.45, 2.75) is 13.3 Å². The number of benzene rings is 1. The van der Waals surface area contributed by atoms with Crippen molar-refractivity contribution in [3.05, 3.63) is 42.6 Å². The number of rotatable bonds is 5. The molecule has 0 saturated heterocycles. The Morgan fingerprint density at radius 1 is 1.10 bits per heavy atom. The Bertz CT molecular complexity index is 591. The maximum absolute atomic E-state index is 11.3. The highest BCUT2D eigenvalue weighted by Crippen LogP contribution is 2.19. The molecule has 0 atom stereocenters. The summed E-state index contributed by atoms with van der Waals surface area (Å²) < 4.78 is 0. The van der Waals surface area contributed by atoms with Crippen LogP contribution in [0.1, 0.15) is 13.3 Å². The summed E-state index contributed by atoms with van der Waals surface area (Å²) in [6, 6.07) is 11.8. The number of amides is 1. The van der Waals surface area contributed by atoms with Crippen molar-refractivity contribution in [2.75, 3.05) is 29.6 Å². The molecular weight excluding hydrogens is 264 g/mol. The van der Waals surface area contributed by atoms with E-state index in [-0.39, 0.29) is 5.91 Å². The molecule has 1 heterocycles. The second-order valence-electron chi connectivity index (χ2n) is 4.90. The minimum atomic E-state index is -0.0169. The standard InChI is InChI=1S/C16H20N4O/c1-4-16(21)19-13-7-10-15(17-11-13)18-12-5-8-14(9-6-12)20(2)3/h5-11H,4H2,1-3H3,(H,17,18)(H,19,21). The van der Waals surface area contributed by atoms with E-state index in [0.717, 1.165) is 17.2 Å². The van der Waals surface area contributed by atoms with Crippen molar-refractivity contribution in [1.82, 2.24) is 4.98 Å². The van der Waals surface area contributed by atoms with Gasteiger partial charge in [-0.3, -0.25) is 4.79 Å². The first-order valence-corrected chi connectivity index (χ1v) is 6.89. The monoisotopic (exact) mass is 284 g/mol. The highest BCUT2D eigenvalue weighted by atomic mass is 16.1. The summed E-state index contributed by atoms with van der Waals surface area (Å²) in [5.41, 5.74) is 2.82.